The second-order valence-corrected chi connectivity index (χ2v) is 4.15. The zero-order valence-corrected chi connectivity index (χ0v) is 10.3. The van der Waals surface area contributed by atoms with Crippen LogP contribution in [-0.2, 0) is 6.54 Å². The highest BCUT2D eigenvalue weighted by Gasteiger charge is 1.99. The molecular formula is C9H14IN3O. The highest BCUT2D eigenvalue weighted by Crippen LogP contribution is 1.92. The first-order valence-corrected chi connectivity index (χ1v) is 5.74. The minimum absolute atomic E-state index is 0.0406. The predicted molar refractivity (Wildman–Crippen MR) is 64.4 cm³/mol. The molecular weight excluding hydrogens is 293 g/mol. The van der Waals surface area contributed by atoms with Crippen LogP contribution >= 0.6 is 22.6 Å². The Bertz CT molecular complexity index is 337. The summed E-state index contributed by atoms with van der Waals surface area (Å²) in [6, 6.07) is 0. The number of rotatable bonds is 5. The molecule has 1 aromatic rings. The lowest BCUT2D eigenvalue weighted by Gasteiger charge is -2.05. The molecule has 4 nitrogen and oxygen atoms in total. The molecule has 0 fully saturated rings. The topological polar surface area (TPSA) is 46.9 Å². The summed E-state index contributed by atoms with van der Waals surface area (Å²) < 4.78 is 2.30. The van der Waals surface area contributed by atoms with Crippen molar-refractivity contribution >= 4 is 22.6 Å². The Hall–Kier alpha value is -0.430. The van der Waals surface area contributed by atoms with Crippen LogP contribution in [-0.4, -0.2) is 22.6 Å². The molecule has 0 unspecified atom stereocenters. The van der Waals surface area contributed by atoms with E-state index >= 15 is 0 Å². The van der Waals surface area contributed by atoms with Crippen LogP contribution in [0.2, 0.25) is 0 Å². The van der Waals surface area contributed by atoms with Crippen molar-refractivity contribution in [1.82, 2.24) is 14.9 Å². The molecule has 0 aromatic carbocycles. The van der Waals surface area contributed by atoms with Crippen molar-refractivity contribution in [3.05, 3.63) is 26.4 Å². The first kappa shape index (κ1) is 11.6. The number of hydrogen-bond acceptors (Lipinski definition) is 3. The average Bonchev–Trinajstić information content (AvgIpc) is 2.19. The van der Waals surface area contributed by atoms with Gasteiger partial charge in [-0.15, -0.1) is 0 Å². The number of nitrogens with one attached hydrogen (secondary N) is 1. The molecule has 0 spiro atoms. The van der Waals surface area contributed by atoms with E-state index in [-0.39, 0.29) is 5.56 Å². The normalized spacial score (nSPS) is 10.4. The number of nitrogens with zero attached hydrogens (tertiary/aromatic N) is 2. The van der Waals surface area contributed by atoms with Gasteiger partial charge in [0.15, 0.2) is 0 Å². The van der Waals surface area contributed by atoms with Gasteiger partial charge in [-0.3, -0.25) is 9.36 Å². The molecule has 1 heterocycles. The third-order valence-electron chi connectivity index (χ3n) is 1.82. The van der Waals surface area contributed by atoms with Crippen molar-refractivity contribution in [2.45, 2.75) is 19.9 Å². The van der Waals surface area contributed by atoms with Crippen molar-refractivity contribution in [3.63, 3.8) is 0 Å². The van der Waals surface area contributed by atoms with E-state index in [0.29, 0.717) is 10.1 Å². The van der Waals surface area contributed by atoms with E-state index in [2.05, 4.69) is 17.2 Å². The Labute approximate surface area is 96.9 Å². The summed E-state index contributed by atoms with van der Waals surface area (Å²) in [5.74, 6) is 0. The Balaban J connectivity index is 2.51. The molecule has 0 amide bonds. The van der Waals surface area contributed by atoms with Gasteiger partial charge in [0, 0.05) is 19.3 Å². The van der Waals surface area contributed by atoms with Crippen molar-refractivity contribution in [2.75, 3.05) is 13.1 Å². The summed E-state index contributed by atoms with van der Waals surface area (Å²) in [5, 5.41) is 3.24. The molecule has 0 bridgehead atoms. The van der Waals surface area contributed by atoms with Crippen LogP contribution in [0.25, 0.3) is 0 Å². The third-order valence-corrected chi connectivity index (χ3v) is 2.56. The van der Waals surface area contributed by atoms with Gasteiger partial charge in [-0.05, 0) is 35.6 Å². The lowest BCUT2D eigenvalue weighted by atomic mass is 10.4. The summed E-state index contributed by atoms with van der Waals surface area (Å²) in [5.41, 5.74) is 0.0406. The first-order chi connectivity index (χ1) is 6.75. The molecule has 78 valence electrons. The molecule has 0 aliphatic rings. The molecule has 5 heteroatoms. The number of hydrogen-bond donors (Lipinski definition) is 1. The van der Waals surface area contributed by atoms with E-state index in [9.17, 15) is 4.79 Å². The van der Waals surface area contributed by atoms with Crippen molar-refractivity contribution in [2.24, 2.45) is 0 Å². The lowest BCUT2D eigenvalue weighted by Crippen LogP contribution is -2.28. The molecule has 0 atom stereocenters. The van der Waals surface area contributed by atoms with Gasteiger partial charge < -0.3 is 5.32 Å². The number of aromatic nitrogens is 2. The predicted octanol–water partition coefficient (Wildman–Crippen LogP) is 0.847. The second kappa shape index (κ2) is 6.13. The van der Waals surface area contributed by atoms with E-state index in [4.69, 9.17) is 0 Å². The summed E-state index contributed by atoms with van der Waals surface area (Å²) in [6.45, 7) is 4.61. The zero-order chi connectivity index (χ0) is 10.4. The van der Waals surface area contributed by atoms with Crippen LogP contribution in [0.5, 0.6) is 0 Å². The Kier molecular flexibility index (Phi) is 5.10. The Morgan fingerprint density at radius 1 is 1.57 bits per heavy atom. The van der Waals surface area contributed by atoms with Gasteiger partial charge in [0.2, 0.25) is 0 Å². The fourth-order valence-electron chi connectivity index (χ4n) is 1.08. The van der Waals surface area contributed by atoms with Gasteiger partial charge in [0.05, 0.1) is 9.90 Å². The largest absolute Gasteiger partial charge is 0.315 e. The SMILES string of the molecule is CCCNCCn1cncc(I)c1=O. The summed E-state index contributed by atoms with van der Waals surface area (Å²) in [4.78, 5) is 15.5. The van der Waals surface area contributed by atoms with Crippen LogP contribution in [0.4, 0.5) is 0 Å². The highest BCUT2D eigenvalue weighted by molar-refractivity contribution is 14.1. The molecule has 0 saturated heterocycles. The minimum atomic E-state index is 0.0406. The smallest absolute Gasteiger partial charge is 0.266 e. The van der Waals surface area contributed by atoms with E-state index < -0.39 is 0 Å². The van der Waals surface area contributed by atoms with Crippen LogP contribution in [0, 0.1) is 3.57 Å². The highest BCUT2D eigenvalue weighted by atomic mass is 127. The van der Waals surface area contributed by atoms with Gasteiger partial charge in [-0.1, -0.05) is 6.92 Å². The van der Waals surface area contributed by atoms with Crippen LogP contribution in [0.3, 0.4) is 0 Å². The molecule has 0 aliphatic carbocycles. The van der Waals surface area contributed by atoms with Crippen molar-refractivity contribution < 1.29 is 0 Å². The second-order valence-electron chi connectivity index (χ2n) is 2.99. The van der Waals surface area contributed by atoms with Gasteiger partial charge in [0.1, 0.15) is 0 Å². The molecule has 0 aliphatic heterocycles. The van der Waals surface area contributed by atoms with E-state index in [1.807, 2.05) is 22.6 Å². The standard InChI is InChI=1S/C9H14IN3O/c1-2-3-11-4-5-13-7-12-6-8(10)9(13)14/h6-7,11H,2-5H2,1H3. The zero-order valence-electron chi connectivity index (χ0n) is 8.16. The molecule has 0 radical (unpaired) electrons. The van der Waals surface area contributed by atoms with Crippen LogP contribution in [0.1, 0.15) is 13.3 Å². The van der Waals surface area contributed by atoms with E-state index in [1.54, 1.807) is 17.1 Å². The molecule has 0 saturated carbocycles. The molecule has 14 heavy (non-hydrogen) atoms. The fourth-order valence-corrected chi connectivity index (χ4v) is 1.56. The average molecular weight is 307 g/mol. The molecule has 1 N–H and O–H groups in total. The third kappa shape index (κ3) is 3.38. The van der Waals surface area contributed by atoms with Gasteiger partial charge >= 0.3 is 0 Å². The maximum Gasteiger partial charge on any atom is 0.266 e. The maximum atomic E-state index is 11.5. The van der Waals surface area contributed by atoms with Crippen LogP contribution < -0.4 is 10.9 Å². The summed E-state index contributed by atoms with van der Waals surface area (Å²) in [7, 11) is 0. The quantitative estimate of drug-likeness (QED) is 0.648. The molecule has 1 rings (SSSR count). The van der Waals surface area contributed by atoms with E-state index in [0.717, 1.165) is 19.5 Å². The van der Waals surface area contributed by atoms with Crippen molar-refractivity contribution in [1.29, 1.82) is 0 Å². The molecule has 1 aromatic heterocycles. The summed E-state index contributed by atoms with van der Waals surface area (Å²) >= 11 is 2.00. The van der Waals surface area contributed by atoms with Gasteiger partial charge in [0.25, 0.3) is 5.56 Å². The lowest BCUT2D eigenvalue weighted by molar-refractivity contribution is 0.574. The van der Waals surface area contributed by atoms with Gasteiger partial charge in [-0.2, -0.15) is 0 Å². The monoisotopic (exact) mass is 307 g/mol. The van der Waals surface area contributed by atoms with Gasteiger partial charge in [-0.25, -0.2) is 4.98 Å². The summed E-state index contributed by atoms with van der Waals surface area (Å²) in [6.07, 6.45) is 4.27. The number of halogens is 1. The Morgan fingerprint density at radius 2 is 2.36 bits per heavy atom. The first-order valence-electron chi connectivity index (χ1n) is 4.66. The fraction of sp³-hybridized carbons (Fsp3) is 0.556. The van der Waals surface area contributed by atoms with Crippen molar-refractivity contribution in [3.8, 4) is 0 Å². The maximum absolute atomic E-state index is 11.5. The van der Waals surface area contributed by atoms with E-state index in [1.165, 1.54) is 0 Å². The minimum Gasteiger partial charge on any atom is -0.315 e. The van der Waals surface area contributed by atoms with Crippen LogP contribution in [0.15, 0.2) is 17.3 Å². The Morgan fingerprint density at radius 3 is 3.07 bits per heavy atom.